The molecule has 0 aliphatic heterocycles. The number of carbonyl (C=O) groups is 1. The molecule has 0 bridgehead atoms. The lowest BCUT2D eigenvalue weighted by Crippen LogP contribution is -2.35. The summed E-state index contributed by atoms with van der Waals surface area (Å²) in [7, 11) is -3.42. The van der Waals surface area contributed by atoms with Gasteiger partial charge in [-0.1, -0.05) is 42.5 Å². The van der Waals surface area contributed by atoms with Crippen molar-refractivity contribution in [1.82, 2.24) is 10.0 Å². The van der Waals surface area contributed by atoms with Crippen molar-refractivity contribution in [3.05, 3.63) is 70.2 Å². The molecule has 2 aromatic rings. The number of rotatable bonds is 7. The minimum absolute atomic E-state index is 0.0774. The van der Waals surface area contributed by atoms with Crippen LogP contribution >= 0.6 is 15.9 Å². The van der Waals surface area contributed by atoms with Gasteiger partial charge in [0.15, 0.2) is 0 Å². The van der Waals surface area contributed by atoms with Crippen LogP contribution in [0.1, 0.15) is 15.9 Å². The van der Waals surface area contributed by atoms with E-state index in [1.54, 1.807) is 42.5 Å². The summed E-state index contributed by atoms with van der Waals surface area (Å²) in [5.41, 5.74) is 1.23. The third-order valence-electron chi connectivity index (χ3n) is 3.05. The minimum Gasteiger partial charge on any atom is -0.351 e. The summed E-state index contributed by atoms with van der Waals surface area (Å²) in [6, 6.07) is 16.0. The fraction of sp³-hybridized carbons (Fsp3) is 0.188. The Balaban J connectivity index is 1.79. The molecule has 0 aliphatic rings. The van der Waals surface area contributed by atoms with Crippen LogP contribution < -0.4 is 10.0 Å². The summed E-state index contributed by atoms with van der Waals surface area (Å²) in [6.45, 7) is 0.361. The van der Waals surface area contributed by atoms with E-state index in [4.69, 9.17) is 0 Å². The molecule has 0 unspecified atom stereocenters. The topological polar surface area (TPSA) is 75.3 Å². The number of hydrogen-bond donors (Lipinski definition) is 2. The second-order valence-electron chi connectivity index (χ2n) is 4.87. The van der Waals surface area contributed by atoms with E-state index in [2.05, 4.69) is 26.0 Å². The third-order valence-corrected chi connectivity index (χ3v) is 5.10. The molecule has 7 heteroatoms. The van der Waals surface area contributed by atoms with E-state index in [9.17, 15) is 13.2 Å². The molecular formula is C16H17BrN2O3S. The number of sulfonamides is 1. The molecule has 0 aromatic heterocycles. The molecule has 2 N–H and O–H groups in total. The minimum atomic E-state index is -3.42. The first-order valence-corrected chi connectivity index (χ1v) is 9.46. The van der Waals surface area contributed by atoms with Gasteiger partial charge in [0.05, 0.1) is 11.3 Å². The smallest absolute Gasteiger partial charge is 0.252 e. The normalized spacial score (nSPS) is 11.2. The quantitative estimate of drug-likeness (QED) is 0.704. The summed E-state index contributed by atoms with van der Waals surface area (Å²) < 4.78 is 27.0. The average molecular weight is 397 g/mol. The van der Waals surface area contributed by atoms with Gasteiger partial charge in [0, 0.05) is 17.6 Å². The van der Waals surface area contributed by atoms with Crippen molar-refractivity contribution >= 4 is 31.9 Å². The van der Waals surface area contributed by atoms with Crippen LogP contribution in [0.4, 0.5) is 0 Å². The van der Waals surface area contributed by atoms with Gasteiger partial charge in [0.1, 0.15) is 0 Å². The Morgan fingerprint density at radius 3 is 2.30 bits per heavy atom. The first kappa shape index (κ1) is 17.7. The zero-order chi connectivity index (χ0) is 16.7. The SMILES string of the molecule is O=C(NCCNS(=O)(=O)Cc1ccccc1)c1ccccc1Br. The van der Waals surface area contributed by atoms with E-state index < -0.39 is 10.0 Å². The van der Waals surface area contributed by atoms with Gasteiger partial charge in [-0.05, 0) is 33.6 Å². The predicted octanol–water partition coefficient (Wildman–Crippen LogP) is 2.30. The maximum atomic E-state index is 12.0. The summed E-state index contributed by atoms with van der Waals surface area (Å²) in [6.07, 6.45) is 0. The van der Waals surface area contributed by atoms with E-state index in [0.29, 0.717) is 10.0 Å². The Hall–Kier alpha value is -1.70. The maximum absolute atomic E-state index is 12.0. The third kappa shape index (κ3) is 5.78. The van der Waals surface area contributed by atoms with Crippen molar-refractivity contribution < 1.29 is 13.2 Å². The van der Waals surface area contributed by atoms with Gasteiger partial charge in [0.2, 0.25) is 10.0 Å². The lowest BCUT2D eigenvalue weighted by Gasteiger charge is -2.09. The molecule has 23 heavy (non-hydrogen) atoms. The van der Waals surface area contributed by atoms with Crippen LogP contribution in [-0.2, 0) is 15.8 Å². The van der Waals surface area contributed by atoms with Gasteiger partial charge in [-0.2, -0.15) is 0 Å². The summed E-state index contributed by atoms with van der Waals surface area (Å²) in [5, 5.41) is 2.68. The predicted molar refractivity (Wildman–Crippen MR) is 93.5 cm³/mol. The van der Waals surface area contributed by atoms with Gasteiger partial charge in [-0.3, -0.25) is 4.79 Å². The van der Waals surface area contributed by atoms with Gasteiger partial charge in [-0.25, -0.2) is 13.1 Å². The molecule has 0 saturated heterocycles. The molecular weight excluding hydrogens is 380 g/mol. The molecule has 2 rings (SSSR count). The molecule has 5 nitrogen and oxygen atoms in total. The maximum Gasteiger partial charge on any atom is 0.252 e. The molecule has 1 amide bonds. The van der Waals surface area contributed by atoms with E-state index in [-0.39, 0.29) is 24.7 Å². The Labute approximate surface area is 144 Å². The summed E-state index contributed by atoms with van der Waals surface area (Å²) in [5.74, 6) is -0.328. The number of hydrogen-bond acceptors (Lipinski definition) is 3. The average Bonchev–Trinajstić information content (AvgIpc) is 2.52. The number of benzene rings is 2. The number of amides is 1. The lowest BCUT2D eigenvalue weighted by molar-refractivity contribution is 0.0953. The zero-order valence-corrected chi connectivity index (χ0v) is 14.7. The number of carbonyl (C=O) groups excluding carboxylic acids is 1. The highest BCUT2D eigenvalue weighted by atomic mass is 79.9. The number of nitrogens with one attached hydrogen (secondary N) is 2. The van der Waals surface area contributed by atoms with E-state index in [0.717, 1.165) is 5.56 Å². The van der Waals surface area contributed by atoms with Crippen LogP contribution in [0.5, 0.6) is 0 Å². The lowest BCUT2D eigenvalue weighted by atomic mass is 10.2. The first-order valence-electron chi connectivity index (χ1n) is 7.02. The first-order chi connectivity index (χ1) is 11.0. The van der Waals surface area contributed by atoms with Gasteiger partial charge in [0.25, 0.3) is 5.91 Å². The van der Waals surface area contributed by atoms with Crippen molar-refractivity contribution in [2.45, 2.75) is 5.75 Å². The Bertz CT molecular complexity index is 764. The molecule has 122 valence electrons. The fourth-order valence-electron chi connectivity index (χ4n) is 1.97. The van der Waals surface area contributed by atoms with Crippen molar-refractivity contribution in [2.75, 3.05) is 13.1 Å². The van der Waals surface area contributed by atoms with Crippen molar-refractivity contribution in [3.8, 4) is 0 Å². The van der Waals surface area contributed by atoms with Crippen LogP contribution in [-0.4, -0.2) is 27.4 Å². The highest BCUT2D eigenvalue weighted by Gasteiger charge is 2.12. The largest absolute Gasteiger partial charge is 0.351 e. The summed E-state index contributed by atoms with van der Waals surface area (Å²) >= 11 is 3.30. The van der Waals surface area contributed by atoms with Gasteiger partial charge < -0.3 is 5.32 Å². The molecule has 0 atom stereocenters. The molecule has 2 aromatic carbocycles. The zero-order valence-electron chi connectivity index (χ0n) is 12.3. The van der Waals surface area contributed by atoms with E-state index in [1.165, 1.54) is 0 Å². The number of halogens is 1. The van der Waals surface area contributed by atoms with Crippen molar-refractivity contribution in [1.29, 1.82) is 0 Å². The van der Waals surface area contributed by atoms with E-state index in [1.807, 2.05) is 12.1 Å². The monoisotopic (exact) mass is 396 g/mol. The molecule has 0 radical (unpaired) electrons. The fourth-order valence-corrected chi connectivity index (χ4v) is 3.58. The van der Waals surface area contributed by atoms with Crippen molar-refractivity contribution in [2.24, 2.45) is 0 Å². The molecule has 0 saturated carbocycles. The van der Waals surface area contributed by atoms with Gasteiger partial charge >= 0.3 is 0 Å². The second kappa shape index (κ2) is 8.24. The molecule has 0 fully saturated rings. The summed E-state index contributed by atoms with van der Waals surface area (Å²) in [4.78, 5) is 12.0. The van der Waals surface area contributed by atoms with Crippen LogP contribution in [0.3, 0.4) is 0 Å². The van der Waals surface area contributed by atoms with Crippen LogP contribution in [0.25, 0.3) is 0 Å². The van der Waals surface area contributed by atoms with Crippen LogP contribution in [0, 0.1) is 0 Å². The van der Waals surface area contributed by atoms with Crippen molar-refractivity contribution in [3.63, 3.8) is 0 Å². The highest BCUT2D eigenvalue weighted by molar-refractivity contribution is 9.10. The second-order valence-corrected chi connectivity index (χ2v) is 7.54. The van der Waals surface area contributed by atoms with E-state index >= 15 is 0 Å². The van der Waals surface area contributed by atoms with Crippen LogP contribution in [0.2, 0.25) is 0 Å². The molecule has 0 heterocycles. The highest BCUT2D eigenvalue weighted by Crippen LogP contribution is 2.15. The Morgan fingerprint density at radius 2 is 1.61 bits per heavy atom. The Morgan fingerprint density at radius 1 is 0.957 bits per heavy atom. The standard InChI is InChI=1S/C16H17BrN2O3S/c17-15-9-5-4-8-14(15)16(20)18-10-11-19-23(21,22)12-13-6-2-1-3-7-13/h1-9,19H,10-12H2,(H,18,20). The van der Waals surface area contributed by atoms with Gasteiger partial charge in [-0.15, -0.1) is 0 Å². The molecule has 0 spiro atoms. The Kier molecular flexibility index (Phi) is 6.32. The van der Waals surface area contributed by atoms with Crippen LogP contribution in [0.15, 0.2) is 59.1 Å². The molecule has 0 aliphatic carbocycles.